The fourth-order valence-corrected chi connectivity index (χ4v) is 2.80. The van der Waals surface area contributed by atoms with Crippen molar-refractivity contribution < 1.29 is 9.90 Å². The van der Waals surface area contributed by atoms with E-state index < -0.39 is 0 Å². The summed E-state index contributed by atoms with van der Waals surface area (Å²) in [6, 6.07) is 7.77. The molecule has 1 aromatic carbocycles. The Morgan fingerprint density at radius 1 is 1.42 bits per heavy atom. The molecule has 1 aromatic rings. The molecule has 4 heteroatoms. The van der Waals surface area contributed by atoms with Crippen LogP contribution in [0, 0.1) is 0 Å². The van der Waals surface area contributed by atoms with Crippen LogP contribution in [-0.4, -0.2) is 41.0 Å². The SMILES string of the molecule is CC(C(=O)c1ccc(Br)cc1)N(CCO)C1CCC1. The summed E-state index contributed by atoms with van der Waals surface area (Å²) in [6.07, 6.45) is 3.50. The van der Waals surface area contributed by atoms with E-state index in [0.29, 0.717) is 12.6 Å². The first kappa shape index (κ1) is 14.7. The van der Waals surface area contributed by atoms with E-state index in [1.165, 1.54) is 6.42 Å². The summed E-state index contributed by atoms with van der Waals surface area (Å²) >= 11 is 3.37. The Morgan fingerprint density at radius 3 is 2.53 bits per heavy atom. The first-order valence-corrected chi connectivity index (χ1v) is 7.59. The summed E-state index contributed by atoms with van der Waals surface area (Å²) in [4.78, 5) is 14.6. The van der Waals surface area contributed by atoms with Crippen molar-refractivity contribution in [2.75, 3.05) is 13.2 Å². The van der Waals surface area contributed by atoms with Gasteiger partial charge in [-0.1, -0.05) is 34.5 Å². The molecule has 2 rings (SSSR count). The number of aliphatic hydroxyl groups excluding tert-OH is 1. The summed E-state index contributed by atoms with van der Waals surface area (Å²) in [7, 11) is 0. The smallest absolute Gasteiger partial charge is 0.179 e. The number of hydrogen-bond donors (Lipinski definition) is 1. The van der Waals surface area contributed by atoms with Crippen LogP contribution in [0.3, 0.4) is 0 Å². The number of carbonyl (C=O) groups excluding carboxylic acids is 1. The van der Waals surface area contributed by atoms with Gasteiger partial charge in [0.25, 0.3) is 0 Å². The van der Waals surface area contributed by atoms with Crippen molar-refractivity contribution >= 4 is 21.7 Å². The Morgan fingerprint density at radius 2 is 2.05 bits per heavy atom. The van der Waals surface area contributed by atoms with Crippen LogP contribution in [0.25, 0.3) is 0 Å². The Labute approximate surface area is 122 Å². The number of Topliss-reactive ketones (excluding diaryl/α,β-unsaturated/α-hetero) is 1. The fraction of sp³-hybridized carbons (Fsp3) is 0.533. The molecular weight excluding hydrogens is 306 g/mol. The Kier molecular flexibility index (Phi) is 5.13. The van der Waals surface area contributed by atoms with Gasteiger partial charge in [-0.2, -0.15) is 0 Å². The number of halogens is 1. The average molecular weight is 326 g/mol. The van der Waals surface area contributed by atoms with Crippen LogP contribution in [0.1, 0.15) is 36.5 Å². The quantitative estimate of drug-likeness (QED) is 0.817. The van der Waals surface area contributed by atoms with E-state index >= 15 is 0 Å². The Hall–Kier alpha value is -0.710. The maximum atomic E-state index is 12.5. The van der Waals surface area contributed by atoms with Crippen LogP contribution in [0.15, 0.2) is 28.7 Å². The normalized spacial score (nSPS) is 17.3. The van der Waals surface area contributed by atoms with Crippen LogP contribution >= 0.6 is 15.9 Å². The van der Waals surface area contributed by atoms with Gasteiger partial charge in [0.05, 0.1) is 12.6 Å². The van der Waals surface area contributed by atoms with Crippen LogP contribution in [0.5, 0.6) is 0 Å². The molecule has 1 atom stereocenters. The molecule has 19 heavy (non-hydrogen) atoms. The molecule has 0 bridgehead atoms. The van der Waals surface area contributed by atoms with Crippen molar-refractivity contribution in [3.05, 3.63) is 34.3 Å². The zero-order chi connectivity index (χ0) is 13.8. The molecule has 1 unspecified atom stereocenters. The van der Waals surface area contributed by atoms with Crippen LogP contribution < -0.4 is 0 Å². The van der Waals surface area contributed by atoms with E-state index in [4.69, 9.17) is 0 Å². The van der Waals surface area contributed by atoms with Crippen molar-refractivity contribution in [2.24, 2.45) is 0 Å². The molecule has 1 N–H and O–H groups in total. The number of hydrogen-bond acceptors (Lipinski definition) is 3. The third kappa shape index (κ3) is 3.44. The number of ketones is 1. The number of benzene rings is 1. The second-order valence-electron chi connectivity index (χ2n) is 5.09. The summed E-state index contributed by atoms with van der Waals surface area (Å²) in [6.45, 7) is 2.63. The summed E-state index contributed by atoms with van der Waals surface area (Å²) in [5.41, 5.74) is 0.734. The van der Waals surface area contributed by atoms with Crippen molar-refractivity contribution in [3.63, 3.8) is 0 Å². The van der Waals surface area contributed by atoms with Crippen molar-refractivity contribution in [1.29, 1.82) is 0 Å². The third-order valence-corrected chi connectivity index (χ3v) is 4.44. The van der Waals surface area contributed by atoms with Crippen molar-refractivity contribution in [2.45, 2.75) is 38.3 Å². The molecule has 0 aromatic heterocycles. The Bertz CT molecular complexity index is 428. The molecule has 0 heterocycles. The van der Waals surface area contributed by atoms with E-state index in [2.05, 4.69) is 20.8 Å². The molecular formula is C15H20BrNO2. The second-order valence-corrected chi connectivity index (χ2v) is 6.01. The van der Waals surface area contributed by atoms with Crippen molar-refractivity contribution in [3.8, 4) is 0 Å². The molecule has 0 spiro atoms. The average Bonchev–Trinajstić information content (AvgIpc) is 2.35. The third-order valence-electron chi connectivity index (χ3n) is 3.91. The van der Waals surface area contributed by atoms with Gasteiger partial charge in [0, 0.05) is 22.6 Å². The number of carbonyl (C=O) groups is 1. The van der Waals surface area contributed by atoms with E-state index in [1.807, 2.05) is 31.2 Å². The van der Waals surface area contributed by atoms with Gasteiger partial charge in [-0.05, 0) is 31.9 Å². The molecule has 1 fully saturated rings. The Balaban J connectivity index is 2.09. The maximum Gasteiger partial charge on any atom is 0.179 e. The first-order chi connectivity index (χ1) is 9.13. The van der Waals surface area contributed by atoms with E-state index in [1.54, 1.807) is 0 Å². The zero-order valence-corrected chi connectivity index (χ0v) is 12.8. The summed E-state index contributed by atoms with van der Waals surface area (Å²) in [5.74, 6) is 0.132. The van der Waals surface area contributed by atoms with E-state index in [-0.39, 0.29) is 18.4 Å². The molecule has 104 valence electrons. The maximum absolute atomic E-state index is 12.5. The monoisotopic (exact) mass is 325 g/mol. The second kappa shape index (κ2) is 6.64. The van der Waals surface area contributed by atoms with E-state index in [9.17, 15) is 9.90 Å². The molecule has 0 aliphatic heterocycles. The molecule has 0 amide bonds. The van der Waals surface area contributed by atoms with Gasteiger partial charge in [-0.3, -0.25) is 9.69 Å². The van der Waals surface area contributed by atoms with Gasteiger partial charge >= 0.3 is 0 Å². The summed E-state index contributed by atoms with van der Waals surface area (Å²) in [5, 5.41) is 9.18. The highest BCUT2D eigenvalue weighted by atomic mass is 79.9. The van der Waals surface area contributed by atoms with Gasteiger partial charge in [0.15, 0.2) is 5.78 Å². The van der Waals surface area contributed by atoms with Gasteiger partial charge < -0.3 is 5.11 Å². The number of rotatable bonds is 6. The van der Waals surface area contributed by atoms with Gasteiger partial charge in [-0.15, -0.1) is 0 Å². The highest BCUT2D eigenvalue weighted by molar-refractivity contribution is 9.10. The van der Waals surface area contributed by atoms with Crippen LogP contribution in [0.2, 0.25) is 0 Å². The number of aliphatic hydroxyl groups is 1. The lowest BCUT2D eigenvalue weighted by atomic mass is 9.89. The lowest BCUT2D eigenvalue weighted by Crippen LogP contribution is -2.49. The molecule has 1 aliphatic carbocycles. The minimum atomic E-state index is -0.168. The lowest BCUT2D eigenvalue weighted by Gasteiger charge is -2.40. The van der Waals surface area contributed by atoms with Crippen LogP contribution in [0.4, 0.5) is 0 Å². The molecule has 1 saturated carbocycles. The first-order valence-electron chi connectivity index (χ1n) is 6.80. The van der Waals surface area contributed by atoms with Gasteiger partial charge in [-0.25, -0.2) is 0 Å². The molecule has 0 saturated heterocycles. The predicted octanol–water partition coefficient (Wildman–Crippen LogP) is 2.87. The van der Waals surface area contributed by atoms with Crippen molar-refractivity contribution in [1.82, 2.24) is 4.90 Å². The fourth-order valence-electron chi connectivity index (χ4n) is 2.53. The lowest BCUT2D eigenvalue weighted by molar-refractivity contribution is 0.0528. The highest BCUT2D eigenvalue weighted by Crippen LogP contribution is 2.27. The van der Waals surface area contributed by atoms with Crippen LogP contribution in [-0.2, 0) is 0 Å². The highest BCUT2D eigenvalue weighted by Gasteiger charge is 2.31. The van der Waals surface area contributed by atoms with E-state index in [0.717, 1.165) is 22.9 Å². The molecule has 0 radical (unpaired) electrons. The number of nitrogens with zero attached hydrogens (tertiary/aromatic N) is 1. The predicted molar refractivity (Wildman–Crippen MR) is 79.4 cm³/mol. The van der Waals surface area contributed by atoms with Gasteiger partial charge in [0.2, 0.25) is 0 Å². The summed E-state index contributed by atoms with van der Waals surface area (Å²) < 4.78 is 0.975. The molecule has 1 aliphatic rings. The standard InChI is InChI=1S/C15H20BrNO2/c1-11(17(9-10-18)14-3-2-4-14)15(19)12-5-7-13(16)8-6-12/h5-8,11,14,18H,2-4,9-10H2,1H3. The topological polar surface area (TPSA) is 40.5 Å². The van der Waals surface area contributed by atoms with Gasteiger partial charge in [0.1, 0.15) is 0 Å². The minimum absolute atomic E-state index is 0.106. The largest absolute Gasteiger partial charge is 0.395 e. The zero-order valence-electron chi connectivity index (χ0n) is 11.2. The minimum Gasteiger partial charge on any atom is -0.395 e. The molecule has 3 nitrogen and oxygen atoms in total.